The number of aromatic nitrogens is 2. The average molecular weight is 433 g/mol. The van der Waals surface area contributed by atoms with Crippen molar-refractivity contribution < 1.29 is 9.53 Å². The maximum atomic E-state index is 12.6. The normalized spacial score (nSPS) is 11.7. The van der Waals surface area contributed by atoms with Crippen LogP contribution in [0.3, 0.4) is 0 Å². The van der Waals surface area contributed by atoms with Gasteiger partial charge in [-0.2, -0.15) is 0 Å². The minimum absolute atomic E-state index is 0.116. The molecule has 2 aromatic heterocycles. The molecular weight excluding hydrogens is 404 g/mol. The second-order valence-corrected chi connectivity index (χ2v) is 8.81. The second kappa shape index (κ2) is 8.88. The van der Waals surface area contributed by atoms with Crippen LogP contribution in [0.5, 0.6) is 0 Å². The largest absolute Gasteiger partial charge is 0.444 e. The molecule has 0 saturated heterocycles. The van der Waals surface area contributed by atoms with Crippen LogP contribution >= 0.6 is 0 Å². The Hall–Kier alpha value is -3.58. The van der Waals surface area contributed by atoms with E-state index in [0.717, 1.165) is 33.1 Å². The first-order chi connectivity index (χ1) is 15.3. The molecule has 2 aromatic carbocycles. The summed E-state index contributed by atoms with van der Waals surface area (Å²) in [6, 6.07) is 17.8. The van der Waals surface area contributed by atoms with Gasteiger partial charge in [0.05, 0.1) is 11.3 Å². The topological polar surface area (TPSA) is 99.0 Å². The average Bonchev–Trinajstić information content (AvgIpc) is 3.15. The molecule has 0 aliphatic carbocycles. The van der Waals surface area contributed by atoms with Crippen LogP contribution in [0.25, 0.3) is 33.1 Å². The van der Waals surface area contributed by atoms with Crippen LogP contribution in [0, 0.1) is 0 Å². The molecule has 7 heteroatoms. The number of carbonyl (C=O) groups is 1. The van der Waals surface area contributed by atoms with E-state index in [1.54, 1.807) is 0 Å². The lowest BCUT2D eigenvalue weighted by molar-refractivity contribution is 0.0528. The highest BCUT2D eigenvalue weighted by Crippen LogP contribution is 2.24. The van der Waals surface area contributed by atoms with Crippen molar-refractivity contribution in [3.63, 3.8) is 0 Å². The zero-order valence-corrected chi connectivity index (χ0v) is 18.5. The number of hydrogen-bond donors (Lipinski definition) is 4. The monoisotopic (exact) mass is 432 g/mol. The number of nitrogens with one attached hydrogen (secondary N) is 4. The van der Waals surface area contributed by atoms with Crippen LogP contribution in [0.1, 0.15) is 26.3 Å². The van der Waals surface area contributed by atoms with E-state index in [4.69, 9.17) is 4.74 Å². The highest BCUT2D eigenvalue weighted by atomic mass is 16.6. The zero-order chi connectivity index (χ0) is 22.7. The van der Waals surface area contributed by atoms with Gasteiger partial charge in [0.1, 0.15) is 5.60 Å². The van der Waals surface area contributed by atoms with Crippen LogP contribution in [-0.4, -0.2) is 34.8 Å². The Morgan fingerprint density at radius 2 is 1.72 bits per heavy atom. The van der Waals surface area contributed by atoms with Gasteiger partial charge in [0.2, 0.25) is 0 Å². The third-order valence-electron chi connectivity index (χ3n) is 5.03. The summed E-state index contributed by atoms with van der Waals surface area (Å²) in [6.45, 7) is 7.29. The minimum atomic E-state index is -0.500. The fraction of sp³-hybridized carbons (Fsp3) is 0.280. The predicted octanol–water partition coefficient (Wildman–Crippen LogP) is 4.29. The number of fused-ring (bicyclic) bond motifs is 2. The maximum absolute atomic E-state index is 12.6. The van der Waals surface area contributed by atoms with Gasteiger partial charge in [-0.3, -0.25) is 4.79 Å². The standard InChI is InChI=1S/C25H28N4O3/c1-25(2,3)32-24(31)27-11-10-26-15-16-8-9-21-18(12-16)14-22(28-21)19-13-17-6-4-5-7-20(17)29-23(19)30/h4-9,12-14,26,28H,10-11,15H2,1-3H3,(H,27,31)(H,29,30). The maximum Gasteiger partial charge on any atom is 0.407 e. The van der Waals surface area contributed by atoms with Gasteiger partial charge in [0.15, 0.2) is 0 Å². The number of benzene rings is 2. The number of rotatable bonds is 6. The molecule has 2 heterocycles. The molecule has 4 aromatic rings. The smallest absolute Gasteiger partial charge is 0.407 e. The van der Waals surface area contributed by atoms with E-state index in [9.17, 15) is 9.59 Å². The predicted molar refractivity (Wildman–Crippen MR) is 128 cm³/mol. The van der Waals surface area contributed by atoms with Gasteiger partial charge in [-0.1, -0.05) is 24.3 Å². The van der Waals surface area contributed by atoms with Gasteiger partial charge >= 0.3 is 6.09 Å². The SMILES string of the molecule is CC(C)(C)OC(=O)NCCNCc1ccc2[nH]c(-c3cc4ccccc4[nH]c3=O)cc2c1. The second-order valence-electron chi connectivity index (χ2n) is 8.81. The lowest BCUT2D eigenvalue weighted by atomic mass is 10.1. The summed E-state index contributed by atoms with van der Waals surface area (Å²) in [7, 11) is 0. The van der Waals surface area contributed by atoms with Crippen LogP contribution in [0.15, 0.2) is 59.4 Å². The van der Waals surface area contributed by atoms with Gasteiger partial charge in [-0.15, -0.1) is 0 Å². The highest BCUT2D eigenvalue weighted by molar-refractivity contribution is 5.89. The summed E-state index contributed by atoms with van der Waals surface area (Å²) in [5.74, 6) is 0. The lowest BCUT2D eigenvalue weighted by Gasteiger charge is -2.19. The minimum Gasteiger partial charge on any atom is -0.444 e. The summed E-state index contributed by atoms with van der Waals surface area (Å²) in [5, 5.41) is 8.08. The molecule has 0 aliphatic heterocycles. The number of amides is 1. The molecule has 4 N–H and O–H groups in total. The molecule has 7 nitrogen and oxygen atoms in total. The summed E-state index contributed by atoms with van der Waals surface area (Å²) in [4.78, 5) is 30.5. The molecule has 0 bridgehead atoms. The Morgan fingerprint density at radius 3 is 2.53 bits per heavy atom. The van der Waals surface area contributed by atoms with Gasteiger partial charge in [-0.25, -0.2) is 4.79 Å². The fourth-order valence-corrected chi connectivity index (χ4v) is 3.58. The summed E-state index contributed by atoms with van der Waals surface area (Å²) < 4.78 is 5.22. The Balaban J connectivity index is 1.40. The van der Waals surface area contributed by atoms with Crippen LogP contribution < -0.4 is 16.2 Å². The van der Waals surface area contributed by atoms with E-state index < -0.39 is 11.7 Å². The number of aromatic amines is 2. The fourth-order valence-electron chi connectivity index (χ4n) is 3.58. The zero-order valence-electron chi connectivity index (χ0n) is 18.5. The number of hydrogen-bond acceptors (Lipinski definition) is 4. The molecule has 32 heavy (non-hydrogen) atoms. The van der Waals surface area contributed by atoms with E-state index in [-0.39, 0.29) is 5.56 Å². The van der Waals surface area contributed by atoms with Gasteiger partial charge in [0, 0.05) is 36.1 Å². The quantitative estimate of drug-likeness (QED) is 0.342. The van der Waals surface area contributed by atoms with Crippen LogP contribution in [0.4, 0.5) is 4.79 Å². The number of H-pyrrole nitrogens is 2. The van der Waals surface area contributed by atoms with Crippen molar-refractivity contribution in [2.24, 2.45) is 0 Å². The molecule has 0 aliphatic rings. The molecule has 166 valence electrons. The lowest BCUT2D eigenvalue weighted by Crippen LogP contribution is -2.36. The number of alkyl carbamates (subject to hydrolysis) is 1. The number of para-hydroxylation sites is 1. The Bertz CT molecular complexity index is 1310. The van der Waals surface area contributed by atoms with Crippen LogP contribution in [-0.2, 0) is 11.3 Å². The van der Waals surface area contributed by atoms with E-state index in [1.807, 2.05) is 69.3 Å². The van der Waals surface area contributed by atoms with Gasteiger partial charge in [-0.05, 0) is 62.1 Å². The summed E-state index contributed by atoms with van der Waals surface area (Å²) in [6.07, 6.45) is -0.413. The summed E-state index contributed by atoms with van der Waals surface area (Å²) >= 11 is 0. The van der Waals surface area contributed by atoms with Crippen molar-refractivity contribution in [2.75, 3.05) is 13.1 Å². The van der Waals surface area contributed by atoms with E-state index in [0.29, 0.717) is 25.2 Å². The van der Waals surface area contributed by atoms with Gasteiger partial charge in [0.25, 0.3) is 5.56 Å². The number of carbonyl (C=O) groups excluding carboxylic acids is 1. The molecule has 0 unspecified atom stereocenters. The first-order valence-corrected chi connectivity index (χ1v) is 10.7. The van der Waals surface area contributed by atoms with Crippen LogP contribution in [0.2, 0.25) is 0 Å². The van der Waals surface area contributed by atoms with Crippen molar-refractivity contribution in [3.05, 3.63) is 70.5 Å². The Labute approximate surface area is 186 Å². The number of ether oxygens (including phenoxy) is 1. The Morgan fingerprint density at radius 1 is 0.938 bits per heavy atom. The Kier molecular flexibility index (Phi) is 6.01. The molecule has 0 radical (unpaired) electrons. The molecule has 0 fully saturated rings. The highest BCUT2D eigenvalue weighted by Gasteiger charge is 2.15. The van der Waals surface area contributed by atoms with E-state index in [1.165, 1.54) is 0 Å². The van der Waals surface area contributed by atoms with Crippen molar-refractivity contribution in [1.29, 1.82) is 0 Å². The van der Waals surface area contributed by atoms with Crippen molar-refractivity contribution in [1.82, 2.24) is 20.6 Å². The number of pyridine rings is 1. The van der Waals surface area contributed by atoms with Crippen molar-refractivity contribution in [3.8, 4) is 11.3 Å². The molecule has 0 saturated carbocycles. The van der Waals surface area contributed by atoms with Crippen molar-refractivity contribution >= 4 is 27.9 Å². The first kappa shape index (κ1) is 21.6. The first-order valence-electron chi connectivity index (χ1n) is 10.7. The van der Waals surface area contributed by atoms with E-state index >= 15 is 0 Å². The molecule has 4 rings (SSSR count). The molecule has 0 atom stereocenters. The third-order valence-corrected chi connectivity index (χ3v) is 5.03. The molecule has 0 spiro atoms. The third kappa shape index (κ3) is 5.18. The van der Waals surface area contributed by atoms with E-state index in [2.05, 4.69) is 26.7 Å². The summed E-state index contributed by atoms with van der Waals surface area (Å²) in [5.41, 5.74) is 3.71. The van der Waals surface area contributed by atoms with Crippen molar-refractivity contribution in [2.45, 2.75) is 32.9 Å². The molecular formula is C25H28N4O3. The molecule has 1 amide bonds. The van der Waals surface area contributed by atoms with Gasteiger partial charge < -0.3 is 25.3 Å².